The van der Waals surface area contributed by atoms with Crippen LogP contribution in [0.25, 0.3) is 11.1 Å². The molecule has 1 heteroatoms. The van der Waals surface area contributed by atoms with Crippen LogP contribution in [-0.4, -0.2) is 0 Å². The molecular formula is C19H25N. The summed E-state index contributed by atoms with van der Waals surface area (Å²) in [6.45, 7) is 13.9. The van der Waals surface area contributed by atoms with Gasteiger partial charge in [0.1, 0.15) is 0 Å². The van der Waals surface area contributed by atoms with Crippen LogP contribution in [0.15, 0.2) is 18.2 Å². The zero-order valence-corrected chi connectivity index (χ0v) is 13.5. The van der Waals surface area contributed by atoms with E-state index in [4.69, 9.17) is 5.73 Å². The SMILES string of the molecule is Cc1ccc(CN)cc1-c1c(C)c(C)c(C)c(C)c1C. The van der Waals surface area contributed by atoms with Crippen molar-refractivity contribution in [1.82, 2.24) is 0 Å². The first-order valence-corrected chi connectivity index (χ1v) is 7.25. The standard InChI is InChI=1S/C19H25N/c1-11-7-8-17(10-20)9-18(11)19-15(5)13(3)12(2)14(4)16(19)6/h7-9H,10,20H2,1-6H3. The van der Waals surface area contributed by atoms with E-state index in [9.17, 15) is 0 Å². The predicted molar refractivity (Wildman–Crippen MR) is 88.2 cm³/mol. The summed E-state index contributed by atoms with van der Waals surface area (Å²) in [6, 6.07) is 6.55. The summed E-state index contributed by atoms with van der Waals surface area (Å²) in [4.78, 5) is 0. The van der Waals surface area contributed by atoms with E-state index in [1.807, 2.05) is 0 Å². The van der Waals surface area contributed by atoms with Crippen molar-refractivity contribution >= 4 is 0 Å². The molecule has 0 aliphatic carbocycles. The molecule has 0 radical (unpaired) electrons. The lowest BCUT2D eigenvalue weighted by Crippen LogP contribution is -2.02. The summed E-state index contributed by atoms with van der Waals surface area (Å²) >= 11 is 0. The van der Waals surface area contributed by atoms with E-state index in [0.717, 1.165) is 0 Å². The second kappa shape index (κ2) is 5.41. The maximum atomic E-state index is 5.81. The van der Waals surface area contributed by atoms with Gasteiger partial charge in [-0.05, 0) is 97.7 Å². The molecule has 2 N–H and O–H groups in total. The Morgan fingerprint density at radius 2 is 1.25 bits per heavy atom. The van der Waals surface area contributed by atoms with E-state index in [2.05, 4.69) is 59.7 Å². The van der Waals surface area contributed by atoms with Crippen molar-refractivity contribution in [1.29, 1.82) is 0 Å². The quantitative estimate of drug-likeness (QED) is 0.841. The zero-order chi connectivity index (χ0) is 15.0. The van der Waals surface area contributed by atoms with Gasteiger partial charge in [0.2, 0.25) is 0 Å². The highest BCUT2D eigenvalue weighted by molar-refractivity contribution is 5.77. The van der Waals surface area contributed by atoms with Gasteiger partial charge in [0.15, 0.2) is 0 Å². The fourth-order valence-electron chi connectivity index (χ4n) is 2.97. The van der Waals surface area contributed by atoms with Crippen LogP contribution in [0.4, 0.5) is 0 Å². The average Bonchev–Trinajstić information content (AvgIpc) is 2.45. The van der Waals surface area contributed by atoms with Gasteiger partial charge in [-0.15, -0.1) is 0 Å². The van der Waals surface area contributed by atoms with Crippen molar-refractivity contribution in [2.24, 2.45) is 5.73 Å². The molecule has 0 atom stereocenters. The maximum Gasteiger partial charge on any atom is 0.0178 e. The van der Waals surface area contributed by atoms with Crippen molar-refractivity contribution in [2.75, 3.05) is 0 Å². The van der Waals surface area contributed by atoms with E-state index in [-0.39, 0.29) is 0 Å². The number of nitrogens with two attached hydrogens (primary N) is 1. The normalized spacial score (nSPS) is 10.9. The van der Waals surface area contributed by atoms with Gasteiger partial charge in [-0.3, -0.25) is 0 Å². The fraction of sp³-hybridized carbons (Fsp3) is 0.368. The summed E-state index contributed by atoms with van der Waals surface area (Å²) in [5.74, 6) is 0. The topological polar surface area (TPSA) is 26.0 Å². The Morgan fingerprint density at radius 1 is 0.750 bits per heavy atom. The summed E-state index contributed by atoms with van der Waals surface area (Å²) in [6.07, 6.45) is 0. The van der Waals surface area contributed by atoms with Crippen LogP contribution < -0.4 is 5.73 Å². The van der Waals surface area contributed by atoms with Crippen LogP contribution in [0.2, 0.25) is 0 Å². The number of hydrogen-bond donors (Lipinski definition) is 1. The van der Waals surface area contributed by atoms with Crippen LogP contribution in [0, 0.1) is 41.5 Å². The Balaban J connectivity index is 2.83. The molecule has 0 bridgehead atoms. The van der Waals surface area contributed by atoms with Gasteiger partial charge in [0.25, 0.3) is 0 Å². The van der Waals surface area contributed by atoms with E-state index in [0.29, 0.717) is 6.54 Å². The van der Waals surface area contributed by atoms with Crippen molar-refractivity contribution in [3.63, 3.8) is 0 Å². The van der Waals surface area contributed by atoms with Crippen LogP contribution in [0.1, 0.15) is 38.9 Å². The minimum absolute atomic E-state index is 0.592. The van der Waals surface area contributed by atoms with E-state index in [1.54, 1.807) is 0 Å². The lowest BCUT2D eigenvalue weighted by Gasteiger charge is -2.20. The number of hydrogen-bond acceptors (Lipinski definition) is 1. The third-order valence-corrected chi connectivity index (χ3v) is 4.81. The molecule has 0 saturated heterocycles. The van der Waals surface area contributed by atoms with Crippen LogP contribution in [-0.2, 0) is 6.54 Å². The molecule has 2 rings (SSSR count). The van der Waals surface area contributed by atoms with Gasteiger partial charge in [0, 0.05) is 6.54 Å². The third-order valence-electron chi connectivity index (χ3n) is 4.81. The molecule has 0 heterocycles. The third kappa shape index (κ3) is 2.27. The molecule has 2 aromatic carbocycles. The van der Waals surface area contributed by atoms with Gasteiger partial charge in [-0.25, -0.2) is 0 Å². The van der Waals surface area contributed by atoms with Crippen LogP contribution >= 0.6 is 0 Å². The first kappa shape index (κ1) is 14.8. The Hall–Kier alpha value is -1.60. The largest absolute Gasteiger partial charge is 0.326 e. The maximum absolute atomic E-state index is 5.81. The Bertz CT molecular complexity index is 637. The molecule has 1 nitrogen and oxygen atoms in total. The highest BCUT2D eigenvalue weighted by atomic mass is 14.5. The molecule has 0 unspecified atom stereocenters. The summed E-state index contributed by atoms with van der Waals surface area (Å²) in [7, 11) is 0. The Morgan fingerprint density at radius 3 is 1.75 bits per heavy atom. The second-order valence-corrected chi connectivity index (χ2v) is 5.85. The minimum Gasteiger partial charge on any atom is -0.326 e. The van der Waals surface area contributed by atoms with Crippen molar-refractivity contribution < 1.29 is 0 Å². The Kier molecular flexibility index (Phi) is 4.01. The molecule has 106 valence electrons. The molecule has 0 aromatic heterocycles. The first-order chi connectivity index (χ1) is 9.38. The van der Waals surface area contributed by atoms with Crippen molar-refractivity contribution in [2.45, 2.75) is 48.1 Å². The Labute approximate surface area is 122 Å². The molecule has 0 fully saturated rings. The van der Waals surface area contributed by atoms with Gasteiger partial charge in [-0.1, -0.05) is 12.1 Å². The number of benzene rings is 2. The molecule has 0 aliphatic rings. The minimum atomic E-state index is 0.592. The van der Waals surface area contributed by atoms with E-state index in [1.165, 1.54) is 50.1 Å². The smallest absolute Gasteiger partial charge is 0.0178 e. The van der Waals surface area contributed by atoms with E-state index < -0.39 is 0 Å². The van der Waals surface area contributed by atoms with Gasteiger partial charge in [0.05, 0.1) is 0 Å². The van der Waals surface area contributed by atoms with E-state index >= 15 is 0 Å². The highest BCUT2D eigenvalue weighted by Crippen LogP contribution is 2.36. The molecule has 20 heavy (non-hydrogen) atoms. The summed E-state index contributed by atoms with van der Waals surface area (Å²) in [5, 5.41) is 0. The highest BCUT2D eigenvalue weighted by Gasteiger charge is 2.15. The van der Waals surface area contributed by atoms with Crippen LogP contribution in [0.5, 0.6) is 0 Å². The van der Waals surface area contributed by atoms with Crippen molar-refractivity contribution in [3.8, 4) is 11.1 Å². The zero-order valence-electron chi connectivity index (χ0n) is 13.5. The van der Waals surface area contributed by atoms with Gasteiger partial charge >= 0.3 is 0 Å². The molecule has 0 saturated carbocycles. The van der Waals surface area contributed by atoms with Gasteiger partial charge in [-0.2, -0.15) is 0 Å². The van der Waals surface area contributed by atoms with Crippen molar-refractivity contribution in [3.05, 3.63) is 57.1 Å². The fourth-order valence-corrected chi connectivity index (χ4v) is 2.97. The molecule has 0 aliphatic heterocycles. The summed E-state index contributed by atoms with van der Waals surface area (Å²) < 4.78 is 0. The second-order valence-electron chi connectivity index (χ2n) is 5.85. The summed E-state index contributed by atoms with van der Waals surface area (Å²) in [5.41, 5.74) is 18.0. The molecule has 2 aromatic rings. The molecular weight excluding hydrogens is 242 g/mol. The molecule has 0 spiro atoms. The van der Waals surface area contributed by atoms with Gasteiger partial charge < -0.3 is 5.73 Å². The number of aryl methyl sites for hydroxylation is 1. The number of rotatable bonds is 2. The lowest BCUT2D eigenvalue weighted by molar-refractivity contribution is 1.07. The predicted octanol–water partition coefficient (Wildman–Crippen LogP) is 4.66. The lowest BCUT2D eigenvalue weighted by atomic mass is 9.84. The molecule has 0 amide bonds. The van der Waals surface area contributed by atoms with Crippen LogP contribution in [0.3, 0.4) is 0 Å². The first-order valence-electron chi connectivity index (χ1n) is 7.25. The monoisotopic (exact) mass is 267 g/mol. The average molecular weight is 267 g/mol.